The molecule has 1 heterocycles. The van der Waals surface area contributed by atoms with Crippen LogP contribution >= 0.6 is 27.3 Å². The summed E-state index contributed by atoms with van der Waals surface area (Å²) in [4.78, 5) is 2.06. The third-order valence-electron chi connectivity index (χ3n) is 2.50. The molecule has 1 aromatic heterocycles. The smallest absolute Gasteiger partial charge is 0.124 e. The minimum Gasteiger partial charge on any atom is -0.383 e. The normalized spacial score (nSPS) is 12.7. The van der Waals surface area contributed by atoms with Gasteiger partial charge in [-0.15, -0.1) is 11.3 Å². The number of thiophene rings is 1. The third kappa shape index (κ3) is 2.94. The number of hydrogen-bond acceptors (Lipinski definition) is 2. The topological polar surface area (TPSA) is 20.2 Å². The van der Waals surface area contributed by atoms with E-state index in [1.807, 2.05) is 12.1 Å². The van der Waals surface area contributed by atoms with Gasteiger partial charge in [-0.25, -0.2) is 4.39 Å². The highest BCUT2D eigenvalue weighted by Crippen LogP contribution is 2.30. The van der Waals surface area contributed by atoms with Gasteiger partial charge in [-0.2, -0.15) is 0 Å². The lowest BCUT2D eigenvalue weighted by atomic mass is 10.1. The predicted octanol–water partition coefficient (Wildman–Crippen LogP) is 4.29. The van der Waals surface area contributed by atoms with Crippen LogP contribution < -0.4 is 0 Å². The van der Waals surface area contributed by atoms with Crippen molar-refractivity contribution in [3.05, 3.63) is 55.9 Å². The lowest BCUT2D eigenvalue weighted by molar-refractivity contribution is 0.223. The van der Waals surface area contributed by atoms with Crippen molar-refractivity contribution in [3.8, 4) is 0 Å². The number of halogens is 2. The second-order valence-corrected chi connectivity index (χ2v) is 5.88. The van der Waals surface area contributed by atoms with Crippen LogP contribution in [0.15, 0.2) is 34.8 Å². The molecule has 0 bridgehead atoms. The van der Waals surface area contributed by atoms with Crippen LogP contribution in [0.5, 0.6) is 0 Å². The number of benzene rings is 1. The Hall–Kier alpha value is -0.710. The Bertz CT molecular complexity index is 504. The molecule has 4 heteroatoms. The second-order valence-electron chi connectivity index (χ2n) is 3.76. The van der Waals surface area contributed by atoms with Crippen molar-refractivity contribution < 1.29 is 9.50 Å². The molecule has 2 aromatic rings. The maximum Gasteiger partial charge on any atom is 0.124 e. The lowest BCUT2D eigenvalue weighted by Crippen LogP contribution is -1.97. The van der Waals surface area contributed by atoms with E-state index < -0.39 is 6.10 Å². The SMILES string of the molecule is CCc1ccc(C(O)c2cc(F)cc(Br)c2)s1. The maximum absolute atomic E-state index is 13.2. The molecule has 2 rings (SSSR count). The van der Waals surface area contributed by atoms with E-state index in [9.17, 15) is 9.50 Å². The van der Waals surface area contributed by atoms with Crippen LogP contribution in [0.3, 0.4) is 0 Å². The van der Waals surface area contributed by atoms with Crippen LogP contribution in [0.4, 0.5) is 4.39 Å². The number of aliphatic hydroxyl groups is 1. The average molecular weight is 315 g/mol. The van der Waals surface area contributed by atoms with E-state index in [-0.39, 0.29) is 5.82 Å². The molecule has 1 nitrogen and oxygen atoms in total. The van der Waals surface area contributed by atoms with Crippen LogP contribution in [0.1, 0.15) is 28.3 Å². The first kappa shape index (κ1) is 12.7. The molecule has 0 fully saturated rings. The molecule has 1 atom stereocenters. The molecule has 90 valence electrons. The number of rotatable bonds is 3. The van der Waals surface area contributed by atoms with Crippen molar-refractivity contribution in [2.75, 3.05) is 0 Å². The lowest BCUT2D eigenvalue weighted by Gasteiger charge is -2.09. The van der Waals surface area contributed by atoms with E-state index in [0.29, 0.717) is 10.0 Å². The Labute approximate surface area is 112 Å². The second kappa shape index (κ2) is 5.29. The monoisotopic (exact) mass is 314 g/mol. The van der Waals surface area contributed by atoms with Crippen LogP contribution in [-0.4, -0.2) is 5.11 Å². The molecule has 0 radical (unpaired) electrons. The number of aliphatic hydroxyl groups excluding tert-OH is 1. The van der Waals surface area contributed by atoms with Gasteiger partial charge in [-0.3, -0.25) is 0 Å². The van der Waals surface area contributed by atoms with Crippen molar-refractivity contribution in [2.24, 2.45) is 0 Å². The molecule has 0 aliphatic heterocycles. The maximum atomic E-state index is 13.2. The summed E-state index contributed by atoms with van der Waals surface area (Å²) in [6, 6.07) is 8.37. The first-order chi connectivity index (χ1) is 8.10. The summed E-state index contributed by atoms with van der Waals surface area (Å²) in [5.74, 6) is -0.347. The molecule has 1 unspecified atom stereocenters. The van der Waals surface area contributed by atoms with Gasteiger partial charge in [-0.1, -0.05) is 22.9 Å². The molecule has 0 aliphatic rings. The fraction of sp³-hybridized carbons (Fsp3) is 0.231. The van der Waals surface area contributed by atoms with Crippen LogP contribution in [0.25, 0.3) is 0 Å². The predicted molar refractivity (Wildman–Crippen MR) is 71.9 cm³/mol. The Kier molecular flexibility index (Phi) is 3.97. The van der Waals surface area contributed by atoms with E-state index in [1.54, 1.807) is 17.4 Å². The van der Waals surface area contributed by atoms with Gasteiger partial charge in [-0.05, 0) is 42.3 Å². The van der Waals surface area contributed by atoms with Gasteiger partial charge in [0.1, 0.15) is 11.9 Å². The Balaban J connectivity index is 2.32. The molecule has 0 spiro atoms. The molecular formula is C13H12BrFOS. The van der Waals surface area contributed by atoms with Crippen LogP contribution in [0, 0.1) is 5.82 Å². The van der Waals surface area contributed by atoms with E-state index in [4.69, 9.17) is 0 Å². The summed E-state index contributed by atoms with van der Waals surface area (Å²) >= 11 is 4.78. The zero-order valence-electron chi connectivity index (χ0n) is 9.28. The van der Waals surface area contributed by atoms with E-state index >= 15 is 0 Å². The molecule has 1 aromatic carbocycles. The largest absolute Gasteiger partial charge is 0.383 e. The molecule has 0 saturated carbocycles. The minimum absolute atomic E-state index is 0.347. The van der Waals surface area contributed by atoms with Crippen LogP contribution in [0.2, 0.25) is 0 Å². The highest BCUT2D eigenvalue weighted by Gasteiger charge is 2.14. The van der Waals surface area contributed by atoms with Gasteiger partial charge in [0.15, 0.2) is 0 Å². The standard InChI is InChI=1S/C13H12BrFOS/c1-2-11-3-4-12(17-11)13(16)8-5-9(14)7-10(15)6-8/h3-7,13,16H,2H2,1H3. The van der Waals surface area contributed by atoms with Gasteiger partial charge in [0.25, 0.3) is 0 Å². The summed E-state index contributed by atoms with van der Waals surface area (Å²) in [5, 5.41) is 10.2. The first-order valence-corrected chi connectivity index (χ1v) is 6.93. The molecule has 0 aliphatic carbocycles. The summed E-state index contributed by atoms with van der Waals surface area (Å²) in [5.41, 5.74) is 0.571. The summed E-state index contributed by atoms with van der Waals surface area (Å²) < 4.78 is 13.9. The number of hydrogen-bond donors (Lipinski definition) is 1. The van der Waals surface area contributed by atoms with Crippen LogP contribution in [-0.2, 0) is 6.42 Å². The molecular weight excluding hydrogens is 303 g/mol. The highest BCUT2D eigenvalue weighted by atomic mass is 79.9. The zero-order valence-corrected chi connectivity index (χ0v) is 11.7. The van der Waals surface area contributed by atoms with E-state index in [2.05, 4.69) is 22.9 Å². The molecule has 0 saturated heterocycles. The van der Waals surface area contributed by atoms with Gasteiger partial charge in [0.05, 0.1) is 0 Å². The fourth-order valence-corrected chi connectivity index (χ4v) is 3.08. The molecule has 1 N–H and O–H groups in total. The van der Waals surface area contributed by atoms with Crippen molar-refractivity contribution in [3.63, 3.8) is 0 Å². The number of aryl methyl sites for hydroxylation is 1. The zero-order chi connectivity index (χ0) is 12.4. The molecule has 17 heavy (non-hydrogen) atoms. The highest BCUT2D eigenvalue weighted by molar-refractivity contribution is 9.10. The summed E-state index contributed by atoms with van der Waals surface area (Å²) in [6.07, 6.45) is 0.192. The van der Waals surface area contributed by atoms with E-state index in [1.165, 1.54) is 17.0 Å². The summed E-state index contributed by atoms with van der Waals surface area (Å²) in [7, 11) is 0. The van der Waals surface area contributed by atoms with Gasteiger partial charge >= 0.3 is 0 Å². The van der Waals surface area contributed by atoms with Crippen molar-refractivity contribution >= 4 is 27.3 Å². The molecule has 0 amide bonds. The Morgan fingerprint density at radius 3 is 2.71 bits per heavy atom. The summed E-state index contributed by atoms with van der Waals surface area (Å²) in [6.45, 7) is 2.07. The third-order valence-corrected chi connectivity index (χ3v) is 4.24. The Morgan fingerprint density at radius 1 is 1.35 bits per heavy atom. The quantitative estimate of drug-likeness (QED) is 0.895. The average Bonchev–Trinajstić information content (AvgIpc) is 2.75. The fourth-order valence-electron chi connectivity index (χ4n) is 1.63. The first-order valence-electron chi connectivity index (χ1n) is 5.33. The van der Waals surface area contributed by atoms with Gasteiger partial charge < -0.3 is 5.11 Å². The van der Waals surface area contributed by atoms with Gasteiger partial charge in [0.2, 0.25) is 0 Å². The minimum atomic E-state index is -0.757. The Morgan fingerprint density at radius 2 is 2.12 bits per heavy atom. The van der Waals surface area contributed by atoms with Crippen molar-refractivity contribution in [1.29, 1.82) is 0 Å². The van der Waals surface area contributed by atoms with Gasteiger partial charge in [0, 0.05) is 14.2 Å². The van der Waals surface area contributed by atoms with Crippen molar-refractivity contribution in [1.82, 2.24) is 0 Å². The van der Waals surface area contributed by atoms with E-state index in [0.717, 1.165) is 11.3 Å². The van der Waals surface area contributed by atoms with Crippen molar-refractivity contribution in [2.45, 2.75) is 19.4 Å².